The van der Waals surface area contributed by atoms with Crippen LogP contribution in [0.2, 0.25) is 0 Å². The number of ether oxygens (including phenoxy) is 1. The van der Waals surface area contributed by atoms with Gasteiger partial charge in [-0.05, 0) is 52.7 Å². The van der Waals surface area contributed by atoms with Crippen LogP contribution in [0.3, 0.4) is 0 Å². The normalized spacial score (nSPS) is 12.2. The number of rotatable bonds is 6. The predicted molar refractivity (Wildman–Crippen MR) is 104 cm³/mol. The van der Waals surface area contributed by atoms with Crippen LogP contribution < -0.4 is 15.4 Å². The number of benzene rings is 2. The molecule has 1 unspecified atom stereocenters. The third-order valence-corrected chi connectivity index (χ3v) is 4.14. The van der Waals surface area contributed by atoms with Gasteiger partial charge in [0.2, 0.25) is 0 Å². The zero-order valence-corrected chi connectivity index (χ0v) is 15.9. The average molecular weight is 401 g/mol. The van der Waals surface area contributed by atoms with Crippen LogP contribution in [0, 0.1) is 11.3 Å². The van der Waals surface area contributed by atoms with Gasteiger partial charge in [0.25, 0.3) is 0 Å². The highest BCUT2D eigenvalue weighted by Crippen LogP contribution is 2.24. The molecule has 1 atom stereocenters. The first kappa shape index (κ1) is 18.8. The molecule has 0 fully saturated rings. The van der Waals surface area contributed by atoms with E-state index in [9.17, 15) is 0 Å². The summed E-state index contributed by atoms with van der Waals surface area (Å²) >= 11 is 3.48. The largest absolute Gasteiger partial charge is 0.488 e. The Morgan fingerprint density at radius 2 is 1.92 bits per heavy atom. The summed E-state index contributed by atoms with van der Waals surface area (Å²) in [5.74, 6) is 1.52. The molecule has 0 saturated heterocycles. The van der Waals surface area contributed by atoms with Gasteiger partial charge in [0.05, 0.1) is 22.7 Å². The Kier molecular flexibility index (Phi) is 7.30. The molecule has 0 saturated carbocycles. The van der Waals surface area contributed by atoms with E-state index in [2.05, 4.69) is 37.6 Å². The van der Waals surface area contributed by atoms with Crippen LogP contribution in [0.4, 0.5) is 0 Å². The number of nitriles is 1. The molecule has 2 N–H and O–H groups in total. The van der Waals surface area contributed by atoms with Crippen LogP contribution in [0.15, 0.2) is 58.0 Å². The highest BCUT2D eigenvalue weighted by molar-refractivity contribution is 9.10. The fraction of sp³-hybridized carbons (Fsp3) is 0.263. The van der Waals surface area contributed by atoms with Crippen molar-refractivity contribution in [2.45, 2.75) is 19.6 Å². The van der Waals surface area contributed by atoms with Gasteiger partial charge in [-0.25, -0.2) is 0 Å². The van der Waals surface area contributed by atoms with Gasteiger partial charge >= 0.3 is 0 Å². The lowest BCUT2D eigenvalue weighted by Crippen LogP contribution is -2.41. The summed E-state index contributed by atoms with van der Waals surface area (Å²) in [7, 11) is 1.73. The lowest BCUT2D eigenvalue weighted by Gasteiger charge is -2.18. The van der Waals surface area contributed by atoms with Gasteiger partial charge in [0, 0.05) is 13.6 Å². The van der Waals surface area contributed by atoms with E-state index in [0.717, 1.165) is 15.8 Å². The molecule has 2 aromatic carbocycles. The van der Waals surface area contributed by atoms with Crippen LogP contribution in [0.5, 0.6) is 5.75 Å². The summed E-state index contributed by atoms with van der Waals surface area (Å²) in [4.78, 5) is 4.21. The standard InChI is InChI=1S/C19H21BrN4O/c1-14(25-18-6-4-3-5-17(18)20)12-23-19(22-2)24-13-16-9-7-15(11-21)8-10-16/h3-10,14H,12-13H2,1-2H3,(H2,22,23,24). The molecule has 0 spiro atoms. The first-order valence-corrected chi connectivity index (χ1v) is 8.76. The van der Waals surface area contributed by atoms with Crippen LogP contribution in [0.25, 0.3) is 0 Å². The zero-order chi connectivity index (χ0) is 18.1. The number of hydrogen-bond acceptors (Lipinski definition) is 3. The van der Waals surface area contributed by atoms with Crippen LogP contribution >= 0.6 is 15.9 Å². The molecule has 130 valence electrons. The molecule has 0 bridgehead atoms. The van der Waals surface area contributed by atoms with Crippen molar-refractivity contribution >= 4 is 21.9 Å². The summed E-state index contributed by atoms with van der Waals surface area (Å²) in [6, 6.07) is 17.4. The number of guanidine groups is 1. The number of aliphatic imine (C=N–C) groups is 1. The maximum Gasteiger partial charge on any atom is 0.191 e. The average Bonchev–Trinajstić information content (AvgIpc) is 2.64. The molecule has 0 heterocycles. The number of hydrogen-bond donors (Lipinski definition) is 2. The quantitative estimate of drug-likeness (QED) is 0.575. The van der Waals surface area contributed by atoms with Crippen LogP contribution in [-0.4, -0.2) is 25.7 Å². The molecule has 0 aliphatic heterocycles. The summed E-state index contributed by atoms with van der Waals surface area (Å²) in [6.45, 7) is 3.25. The van der Waals surface area contributed by atoms with Crippen LogP contribution in [-0.2, 0) is 6.54 Å². The number of para-hydroxylation sites is 1. The molecule has 0 aliphatic rings. The minimum atomic E-state index is -0.0211. The number of nitrogens with zero attached hydrogens (tertiary/aromatic N) is 2. The minimum absolute atomic E-state index is 0.0211. The molecule has 25 heavy (non-hydrogen) atoms. The van der Waals surface area contributed by atoms with Crippen molar-refractivity contribution < 1.29 is 4.74 Å². The molecular weight excluding hydrogens is 380 g/mol. The minimum Gasteiger partial charge on any atom is -0.488 e. The van der Waals surface area contributed by atoms with Gasteiger partial charge in [0.15, 0.2) is 5.96 Å². The zero-order valence-electron chi connectivity index (χ0n) is 14.3. The SMILES string of the molecule is CN=C(NCc1ccc(C#N)cc1)NCC(C)Oc1ccccc1Br. The molecule has 6 heteroatoms. The van der Waals surface area contributed by atoms with Crippen molar-refractivity contribution in [1.29, 1.82) is 5.26 Å². The highest BCUT2D eigenvalue weighted by atomic mass is 79.9. The van der Waals surface area contributed by atoms with Crippen molar-refractivity contribution in [3.63, 3.8) is 0 Å². The molecule has 0 aliphatic carbocycles. The smallest absolute Gasteiger partial charge is 0.191 e. The van der Waals surface area contributed by atoms with E-state index < -0.39 is 0 Å². The second-order valence-corrected chi connectivity index (χ2v) is 6.33. The fourth-order valence-electron chi connectivity index (χ4n) is 2.14. The van der Waals surface area contributed by atoms with Crippen molar-refractivity contribution in [3.8, 4) is 11.8 Å². The molecule has 0 aromatic heterocycles. The van der Waals surface area contributed by atoms with E-state index >= 15 is 0 Å². The molecule has 2 rings (SSSR count). The maximum atomic E-state index is 8.82. The fourth-order valence-corrected chi connectivity index (χ4v) is 2.52. The van der Waals surface area contributed by atoms with E-state index in [1.54, 1.807) is 19.2 Å². The first-order valence-electron chi connectivity index (χ1n) is 7.97. The second-order valence-electron chi connectivity index (χ2n) is 5.47. The summed E-state index contributed by atoms with van der Waals surface area (Å²) in [6.07, 6.45) is -0.0211. The van der Waals surface area contributed by atoms with E-state index in [1.807, 2.05) is 43.3 Å². The predicted octanol–water partition coefficient (Wildman–Crippen LogP) is 3.45. The van der Waals surface area contributed by atoms with Gasteiger partial charge in [-0.1, -0.05) is 24.3 Å². The van der Waals surface area contributed by atoms with E-state index in [1.165, 1.54) is 0 Å². The van der Waals surface area contributed by atoms with Crippen LogP contribution in [0.1, 0.15) is 18.1 Å². The summed E-state index contributed by atoms with van der Waals surface area (Å²) < 4.78 is 6.84. The summed E-state index contributed by atoms with van der Waals surface area (Å²) in [5, 5.41) is 15.3. The van der Waals surface area contributed by atoms with E-state index in [-0.39, 0.29) is 6.10 Å². The van der Waals surface area contributed by atoms with Gasteiger partial charge in [-0.15, -0.1) is 0 Å². The topological polar surface area (TPSA) is 69.4 Å². The molecule has 0 amide bonds. The lowest BCUT2D eigenvalue weighted by atomic mass is 10.1. The maximum absolute atomic E-state index is 8.82. The second kappa shape index (κ2) is 9.70. The Morgan fingerprint density at radius 1 is 1.20 bits per heavy atom. The van der Waals surface area contributed by atoms with E-state index in [4.69, 9.17) is 10.00 Å². The molecule has 2 aromatic rings. The van der Waals surface area contributed by atoms with Gasteiger partial charge in [-0.3, -0.25) is 4.99 Å². The third-order valence-electron chi connectivity index (χ3n) is 3.49. The van der Waals surface area contributed by atoms with Gasteiger partial charge in [-0.2, -0.15) is 5.26 Å². The molecule has 5 nitrogen and oxygen atoms in total. The Morgan fingerprint density at radius 3 is 2.56 bits per heavy atom. The highest BCUT2D eigenvalue weighted by Gasteiger charge is 2.08. The Hall–Kier alpha value is -2.52. The first-order chi connectivity index (χ1) is 12.1. The lowest BCUT2D eigenvalue weighted by molar-refractivity contribution is 0.222. The monoisotopic (exact) mass is 400 g/mol. The number of nitrogens with one attached hydrogen (secondary N) is 2. The Bertz CT molecular complexity index is 753. The van der Waals surface area contributed by atoms with Crippen molar-refractivity contribution in [3.05, 3.63) is 64.1 Å². The van der Waals surface area contributed by atoms with Gasteiger partial charge < -0.3 is 15.4 Å². The number of halogens is 1. The van der Waals surface area contributed by atoms with Crippen molar-refractivity contribution in [2.24, 2.45) is 4.99 Å². The Labute approximate surface area is 156 Å². The van der Waals surface area contributed by atoms with Gasteiger partial charge in [0.1, 0.15) is 11.9 Å². The molecule has 0 radical (unpaired) electrons. The molecular formula is C19H21BrN4O. The summed E-state index contributed by atoms with van der Waals surface area (Å²) in [5.41, 5.74) is 1.74. The van der Waals surface area contributed by atoms with Crippen molar-refractivity contribution in [2.75, 3.05) is 13.6 Å². The third kappa shape index (κ3) is 6.12. The van der Waals surface area contributed by atoms with E-state index in [0.29, 0.717) is 24.6 Å². The Balaban J connectivity index is 1.79. The van der Waals surface area contributed by atoms with Crippen molar-refractivity contribution in [1.82, 2.24) is 10.6 Å².